The highest BCUT2D eigenvalue weighted by molar-refractivity contribution is 8.04. The molecule has 14 nitrogen and oxygen atoms in total. The van der Waals surface area contributed by atoms with Gasteiger partial charge < -0.3 is 40.2 Å². The number of carbonyl (C=O) groups excluding carboxylic acids is 6. The summed E-state index contributed by atoms with van der Waals surface area (Å²) in [6.45, 7) is 40.7. The number of aliphatic hydroxyl groups excluding tert-OH is 3. The Hall–Kier alpha value is -4.37. The Morgan fingerprint density at radius 3 is 1.39 bits per heavy atom. The van der Waals surface area contributed by atoms with E-state index in [1.165, 1.54) is 11.8 Å². The molecule has 5 unspecified atom stereocenters. The normalized spacial score (nSPS) is 13.8. The van der Waals surface area contributed by atoms with Crippen LogP contribution in [0.2, 0.25) is 19.6 Å². The predicted octanol–water partition coefficient (Wildman–Crippen LogP) is 7.73. The van der Waals surface area contributed by atoms with Crippen molar-refractivity contribution in [2.24, 2.45) is 21.7 Å². The van der Waals surface area contributed by atoms with Crippen molar-refractivity contribution in [3.8, 4) is 35.0 Å². The van der Waals surface area contributed by atoms with Gasteiger partial charge >= 0.3 is 17.9 Å². The minimum atomic E-state index is -1.33. The molecule has 0 radical (unpaired) electrons. The lowest BCUT2D eigenvalue weighted by atomic mass is 9.71. The number of carbonyl (C=O) groups is 6. The quantitative estimate of drug-likeness (QED) is 0.0218. The number of ether oxygens (including phenoxy) is 3. The number of ketones is 1. The Bertz CT molecular complexity index is 1820. The fourth-order valence-electron chi connectivity index (χ4n) is 5.60. The fraction of sp³-hybridized carbons (Fsp3) is 0.698. The maximum Gasteiger partial charge on any atom is 0.334 e. The van der Waals surface area contributed by atoms with E-state index in [2.05, 4.69) is 72.0 Å². The van der Waals surface area contributed by atoms with Gasteiger partial charge in [0.2, 0.25) is 11.8 Å². The van der Waals surface area contributed by atoms with Crippen molar-refractivity contribution in [3.05, 3.63) is 24.3 Å². The van der Waals surface area contributed by atoms with E-state index >= 15 is 0 Å². The number of nitrogens with one attached hydrogen (secondary N) is 2. The predicted molar refractivity (Wildman–Crippen MR) is 282 cm³/mol. The summed E-state index contributed by atoms with van der Waals surface area (Å²) in [5, 5.41) is 36.1. The molecular formula is C53H90N2O12SSi. The molecule has 394 valence electrons. The number of hydrogen-bond acceptors (Lipinski definition) is 13. The van der Waals surface area contributed by atoms with Gasteiger partial charge in [0.25, 0.3) is 0 Å². The summed E-state index contributed by atoms with van der Waals surface area (Å²) >= 11 is 1.49. The molecule has 16 heteroatoms. The van der Waals surface area contributed by atoms with Gasteiger partial charge in [-0.05, 0) is 111 Å². The first-order chi connectivity index (χ1) is 31.4. The first-order valence-corrected chi connectivity index (χ1v) is 27.8. The Balaban J connectivity index is -0.000000432. The van der Waals surface area contributed by atoms with Crippen molar-refractivity contribution < 1.29 is 58.3 Å². The van der Waals surface area contributed by atoms with Crippen molar-refractivity contribution in [3.63, 3.8) is 0 Å². The van der Waals surface area contributed by atoms with Crippen molar-refractivity contribution >= 4 is 55.3 Å². The Labute approximate surface area is 422 Å². The molecule has 0 aromatic heterocycles. The van der Waals surface area contributed by atoms with Gasteiger partial charge in [-0.25, -0.2) is 4.79 Å². The summed E-state index contributed by atoms with van der Waals surface area (Å²) in [5.41, 5.74) is 1.03. The molecule has 5 N–H and O–H groups in total. The van der Waals surface area contributed by atoms with Crippen molar-refractivity contribution in [1.29, 1.82) is 0 Å². The summed E-state index contributed by atoms with van der Waals surface area (Å²) < 4.78 is 15.0. The number of allylic oxidation sites excluding steroid dienone is 1. The van der Waals surface area contributed by atoms with E-state index in [0.29, 0.717) is 54.9 Å². The molecular weight excluding hydrogens is 917 g/mol. The third-order valence-electron chi connectivity index (χ3n) is 9.82. The van der Waals surface area contributed by atoms with Crippen LogP contribution >= 0.6 is 11.8 Å². The van der Waals surface area contributed by atoms with Crippen LogP contribution in [0.15, 0.2) is 24.3 Å². The summed E-state index contributed by atoms with van der Waals surface area (Å²) in [5.74, 6) is 6.46. The lowest BCUT2D eigenvalue weighted by Crippen LogP contribution is -2.45. The summed E-state index contributed by atoms with van der Waals surface area (Å²) in [6, 6.07) is 0. The molecule has 0 aromatic carbocycles. The van der Waals surface area contributed by atoms with E-state index in [9.17, 15) is 39.0 Å². The van der Waals surface area contributed by atoms with Gasteiger partial charge in [-0.2, -0.15) is 0 Å². The van der Waals surface area contributed by atoms with Crippen molar-refractivity contribution in [2.75, 3.05) is 32.9 Å². The van der Waals surface area contributed by atoms with Crippen LogP contribution in [-0.2, 0) is 43.0 Å². The highest BCUT2D eigenvalue weighted by Gasteiger charge is 2.43. The summed E-state index contributed by atoms with van der Waals surface area (Å²) in [6.07, 6.45) is 6.27. The van der Waals surface area contributed by atoms with Gasteiger partial charge in [-0.3, -0.25) is 24.0 Å². The fourth-order valence-corrected chi connectivity index (χ4v) is 6.58. The standard InChI is InChI=1S/C19H33NO4S.C16H27NO4.C10H16O2Si.C8H14O2/c1-8-19(7,16(22)20-12-15(4)21)13-18(5,6)17(23)24-10-9-11-25-14(2)3;1-7-9-21-14(20)15(4,5)11-16(6,8-2)13(19)17-10-12(3)18;1-9(2)10(11)12-7-6-8-13(3,4)5;1-6(2)8(10)5-4-7(3)9/h14-15,21H,8,10,12-13H2,1-7H3,(H,20,22);1,12,18H,8-11H2,2-6H3,(H,17,19);1,7H2,2-5H3;7,9H,1,4-5H2,2-3H3. The zero-order valence-electron chi connectivity index (χ0n) is 45.5. The van der Waals surface area contributed by atoms with Gasteiger partial charge in [0, 0.05) is 41.2 Å². The average Bonchev–Trinajstić information content (AvgIpc) is 3.23. The Kier molecular flexibility index (Phi) is 36.8. The number of hydrogen-bond donors (Lipinski definition) is 5. The van der Waals surface area contributed by atoms with E-state index in [0.717, 1.165) is 0 Å². The first kappa shape index (κ1) is 71.2. The maximum absolute atomic E-state index is 12.5. The molecule has 0 saturated heterocycles. The average molecular weight is 1010 g/mol. The molecule has 0 aromatic rings. The number of aliphatic hydroxyl groups is 3. The number of amides is 2. The largest absolute Gasteiger partial charge is 0.452 e. The van der Waals surface area contributed by atoms with Crippen LogP contribution < -0.4 is 10.6 Å². The Morgan fingerprint density at radius 2 is 1.07 bits per heavy atom. The molecule has 5 atom stereocenters. The van der Waals surface area contributed by atoms with Gasteiger partial charge in [-0.1, -0.05) is 97.9 Å². The Morgan fingerprint density at radius 1 is 0.667 bits per heavy atom. The molecule has 0 bridgehead atoms. The number of thioether (sulfide) groups is 1. The van der Waals surface area contributed by atoms with Crippen LogP contribution in [-0.4, -0.2) is 115 Å². The van der Waals surface area contributed by atoms with Crippen LogP contribution in [0.25, 0.3) is 0 Å². The lowest BCUT2D eigenvalue weighted by Gasteiger charge is -2.34. The van der Waals surface area contributed by atoms with Crippen molar-refractivity contribution in [2.45, 2.75) is 186 Å². The molecule has 0 aliphatic carbocycles. The molecule has 2 amide bonds. The van der Waals surface area contributed by atoms with Crippen LogP contribution in [0.4, 0.5) is 0 Å². The number of esters is 3. The number of rotatable bonds is 23. The van der Waals surface area contributed by atoms with Crippen LogP contribution in [0, 0.1) is 56.6 Å². The minimum absolute atomic E-state index is 0.0425. The molecule has 0 spiro atoms. The van der Waals surface area contributed by atoms with Gasteiger partial charge in [0.1, 0.15) is 8.07 Å². The second kappa shape index (κ2) is 35.7. The molecule has 0 aliphatic heterocycles. The van der Waals surface area contributed by atoms with Crippen LogP contribution in [0.3, 0.4) is 0 Å². The molecule has 0 heterocycles. The molecule has 0 saturated carbocycles. The molecule has 0 aliphatic rings. The summed E-state index contributed by atoms with van der Waals surface area (Å²) in [7, 11) is -1.33. The third-order valence-corrected chi connectivity index (χ3v) is 11.5. The first-order valence-electron chi connectivity index (χ1n) is 23.4. The molecule has 0 fully saturated rings. The lowest BCUT2D eigenvalue weighted by molar-refractivity contribution is -0.156. The van der Waals surface area contributed by atoms with E-state index in [-0.39, 0.29) is 68.6 Å². The third kappa shape index (κ3) is 37.2. The van der Waals surface area contributed by atoms with E-state index in [1.54, 1.807) is 69.2 Å². The van der Waals surface area contributed by atoms with Crippen LogP contribution in [0.5, 0.6) is 0 Å². The van der Waals surface area contributed by atoms with Crippen molar-refractivity contribution in [1.82, 2.24) is 10.6 Å². The topological polar surface area (TPSA) is 215 Å². The number of Topliss-reactive ketones (excluding diaryl/α,β-unsaturated/α-hetero) is 1. The number of terminal acetylenes is 1. The van der Waals surface area contributed by atoms with E-state index < -0.39 is 47.9 Å². The van der Waals surface area contributed by atoms with Gasteiger partial charge in [-0.15, -0.1) is 12.0 Å². The summed E-state index contributed by atoms with van der Waals surface area (Å²) in [4.78, 5) is 70.9. The second-order valence-electron chi connectivity index (χ2n) is 20.4. The second-order valence-corrected chi connectivity index (χ2v) is 26.5. The van der Waals surface area contributed by atoms with Gasteiger partial charge in [0.05, 0.1) is 29.1 Å². The molecule has 0 rings (SSSR count). The van der Waals surface area contributed by atoms with Gasteiger partial charge in [0.15, 0.2) is 25.6 Å². The SMILES string of the molecule is C#CCOC(=O)C(C)(C)CC(C)(CC)C(=O)NCC(C)O.C=C(C)C(=O)CCC(C)O.C=C(C)C(=O)OCC#C[Si](C)(C)C.CCC(C)(CC(C)(C)C(=O)OCC#CSC(C)C)C(=O)NCC(C)O. The van der Waals surface area contributed by atoms with Crippen LogP contribution in [0.1, 0.15) is 142 Å². The zero-order chi connectivity index (χ0) is 55.0. The van der Waals surface area contributed by atoms with E-state index in [1.807, 2.05) is 34.6 Å². The highest BCUT2D eigenvalue weighted by Crippen LogP contribution is 2.39. The maximum atomic E-state index is 12.5. The molecule has 69 heavy (non-hydrogen) atoms. The monoisotopic (exact) mass is 1010 g/mol. The van der Waals surface area contributed by atoms with E-state index in [4.69, 9.17) is 25.7 Å². The smallest absolute Gasteiger partial charge is 0.334 e. The zero-order valence-corrected chi connectivity index (χ0v) is 47.3. The minimum Gasteiger partial charge on any atom is -0.452 e. The highest BCUT2D eigenvalue weighted by atomic mass is 32.2.